The zero-order valence-electron chi connectivity index (χ0n) is 6.65. The van der Waals surface area contributed by atoms with E-state index in [1.807, 2.05) is 0 Å². The fourth-order valence-electron chi connectivity index (χ4n) is 0.531. The van der Waals surface area contributed by atoms with Crippen LogP contribution in [0, 0.1) is 0 Å². The Morgan fingerprint density at radius 2 is 1.75 bits per heavy atom. The number of rotatable bonds is 5. The molecular weight excluding hydrogens is 204 g/mol. The lowest BCUT2D eigenvalue weighted by atomic mass is 10.5. The molecule has 0 amide bonds. The van der Waals surface area contributed by atoms with Crippen LogP contribution in [0.15, 0.2) is 0 Å². The summed E-state index contributed by atoms with van der Waals surface area (Å²) < 4.78 is 43.8. The highest BCUT2D eigenvalue weighted by Crippen LogP contribution is 1.84. The maximum absolute atomic E-state index is 10.5. The molecule has 0 atom stereocenters. The van der Waals surface area contributed by atoms with Crippen molar-refractivity contribution in [2.75, 3.05) is 18.6 Å². The van der Waals surface area contributed by atoms with Gasteiger partial charge in [-0.25, -0.2) is 26.7 Å². The SMILES string of the molecule is CS(=O)(=O)NCCCS(N)(=O)=O. The van der Waals surface area contributed by atoms with Gasteiger partial charge in [-0.1, -0.05) is 0 Å². The molecular formula is C4H12N2O4S2. The Kier molecular flexibility index (Phi) is 4.11. The van der Waals surface area contributed by atoms with Crippen LogP contribution in [0.2, 0.25) is 0 Å². The highest BCUT2D eigenvalue weighted by Gasteiger charge is 2.03. The molecule has 0 bridgehead atoms. The Morgan fingerprint density at radius 3 is 2.08 bits per heavy atom. The minimum Gasteiger partial charge on any atom is -0.229 e. The Hall–Kier alpha value is -0.180. The standard InChI is InChI=1S/C4H12N2O4S2/c1-11(7,8)6-3-2-4-12(5,9)10/h6H,2-4H2,1H3,(H2,5,9,10). The molecule has 0 aromatic heterocycles. The summed E-state index contributed by atoms with van der Waals surface area (Å²) in [5.74, 6) is -0.213. The van der Waals surface area contributed by atoms with E-state index in [1.54, 1.807) is 0 Å². The van der Waals surface area contributed by atoms with Crippen LogP contribution in [0.1, 0.15) is 6.42 Å². The van der Waals surface area contributed by atoms with Gasteiger partial charge in [0, 0.05) is 6.54 Å². The molecule has 6 nitrogen and oxygen atoms in total. The van der Waals surface area contributed by atoms with E-state index in [1.165, 1.54) is 0 Å². The molecule has 0 unspecified atom stereocenters. The van der Waals surface area contributed by atoms with Crippen LogP contribution >= 0.6 is 0 Å². The molecule has 8 heteroatoms. The van der Waals surface area contributed by atoms with Crippen molar-refractivity contribution in [3.63, 3.8) is 0 Å². The zero-order chi connectivity index (χ0) is 9.83. The van der Waals surface area contributed by atoms with Gasteiger partial charge in [-0.3, -0.25) is 0 Å². The highest BCUT2D eigenvalue weighted by molar-refractivity contribution is 7.89. The monoisotopic (exact) mass is 216 g/mol. The average Bonchev–Trinajstić information content (AvgIpc) is 1.76. The van der Waals surface area contributed by atoms with E-state index in [-0.39, 0.29) is 18.7 Å². The van der Waals surface area contributed by atoms with Crippen molar-refractivity contribution in [3.8, 4) is 0 Å². The van der Waals surface area contributed by atoms with Crippen molar-refractivity contribution < 1.29 is 16.8 Å². The fourth-order valence-corrected chi connectivity index (χ4v) is 1.59. The quantitative estimate of drug-likeness (QED) is 0.529. The molecule has 3 N–H and O–H groups in total. The lowest BCUT2D eigenvalue weighted by Gasteiger charge is -2.00. The van der Waals surface area contributed by atoms with Gasteiger partial charge in [-0.2, -0.15) is 0 Å². The van der Waals surface area contributed by atoms with Gasteiger partial charge in [0.25, 0.3) is 0 Å². The number of sulfonamides is 2. The highest BCUT2D eigenvalue weighted by atomic mass is 32.2. The Labute approximate surface area is 72.2 Å². The minimum absolute atomic E-state index is 0.0925. The fraction of sp³-hybridized carbons (Fsp3) is 1.00. The van der Waals surface area contributed by atoms with E-state index < -0.39 is 20.0 Å². The summed E-state index contributed by atoms with van der Waals surface area (Å²) in [4.78, 5) is 0. The van der Waals surface area contributed by atoms with E-state index in [0.717, 1.165) is 6.26 Å². The largest absolute Gasteiger partial charge is 0.229 e. The molecule has 0 saturated carbocycles. The predicted molar refractivity (Wildman–Crippen MR) is 45.4 cm³/mol. The van der Waals surface area contributed by atoms with Crippen LogP contribution in [0.4, 0.5) is 0 Å². The van der Waals surface area contributed by atoms with Gasteiger partial charge in [0.1, 0.15) is 0 Å². The molecule has 0 radical (unpaired) electrons. The van der Waals surface area contributed by atoms with Crippen LogP contribution < -0.4 is 9.86 Å². The second-order valence-electron chi connectivity index (χ2n) is 2.39. The van der Waals surface area contributed by atoms with E-state index in [4.69, 9.17) is 0 Å². The molecule has 74 valence electrons. The number of hydrogen-bond donors (Lipinski definition) is 2. The van der Waals surface area contributed by atoms with Crippen molar-refractivity contribution in [1.82, 2.24) is 4.72 Å². The first-order valence-electron chi connectivity index (χ1n) is 3.16. The number of hydrogen-bond acceptors (Lipinski definition) is 4. The normalized spacial score (nSPS) is 13.2. The first-order valence-corrected chi connectivity index (χ1v) is 6.76. The molecule has 0 aromatic rings. The van der Waals surface area contributed by atoms with Crippen molar-refractivity contribution in [3.05, 3.63) is 0 Å². The molecule has 0 fully saturated rings. The summed E-state index contributed by atoms with van der Waals surface area (Å²) in [6, 6.07) is 0. The molecule has 0 rings (SSSR count). The van der Waals surface area contributed by atoms with E-state index in [2.05, 4.69) is 9.86 Å². The molecule has 0 aliphatic carbocycles. The molecule has 0 aliphatic rings. The van der Waals surface area contributed by atoms with Gasteiger partial charge in [0.15, 0.2) is 0 Å². The molecule has 0 aliphatic heterocycles. The average molecular weight is 216 g/mol. The van der Waals surface area contributed by atoms with Gasteiger partial charge in [0.05, 0.1) is 12.0 Å². The lowest BCUT2D eigenvalue weighted by Crippen LogP contribution is -2.26. The topological polar surface area (TPSA) is 106 Å². The second kappa shape index (κ2) is 4.17. The second-order valence-corrected chi connectivity index (χ2v) is 5.95. The summed E-state index contributed by atoms with van der Waals surface area (Å²) in [6.07, 6.45) is 1.19. The predicted octanol–water partition coefficient (Wildman–Crippen LogP) is -1.79. The number of nitrogens with two attached hydrogens (primary N) is 1. The third-order valence-electron chi connectivity index (χ3n) is 0.970. The molecule has 12 heavy (non-hydrogen) atoms. The summed E-state index contributed by atoms with van der Waals surface area (Å²) in [7, 11) is -6.70. The smallest absolute Gasteiger partial charge is 0.209 e. The number of nitrogens with one attached hydrogen (secondary N) is 1. The van der Waals surface area contributed by atoms with E-state index >= 15 is 0 Å². The van der Waals surface area contributed by atoms with Gasteiger partial charge in [-0.05, 0) is 6.42 Å². The Morgan fingerprint density at radius 1 is 1.25 bits per heavy atom. The summed E-state index contributed by atoms with van der Waals surface area (Å²) >= 11 is 0. The Bertz CT molecular complexity index is 283. The van der Waals surface area contributed by atoms with Gasteiger partial charge < -0.3 is 0 Å². The lowest BCUT2D eigenvalue weighted by molar-refractivity contribution is 0.581. The zero-order valence-corrected chi connectivity index (χ0v) is 8.28. The van der Waals surface area contributed by atoms with Crippen LogP contribution in [0.5, 0.6) is 0 Å². The summed E-state index contributed by atoms with van der Waals surface area (Å²) in [5.41, 5.74) is 0. The maximum atomic E-state index is 10.5. The maximum Gasteiger partial charge on any atom is 0.209 e. The minimum atomic E-state index is -3.48. The van der Waals surface area contributed by atoms with Gasteiger partial charge in [-0.15, -0.1) is 0 Å². The van der Waals surface area contributed by atoms with E-state index in [0.29, 0.717) is 0 Å². The van der Waals surface area contributed by atoms with Crippen molar-refractivity contribution in [1.29, 1.82) is 0 Å². The van der Waals surface area contributed by atoms with Crippen LogP contribution in [0.3, 0.4) is 0 Å². The first kappa shape index (κ1) is 11.8. The molecule has 0 heterocycles. The Balaban J connectivity index is 3.62. The van der Waals surface area contributed by atoms with Crippen molar-refractivity contribution >= 4 is 20.0 Å². The number of primary sulfonamides is 1. The van der Waals surface area contributed by atoms with Gasteiger partial charge >= 0.3 is 0 Å². The van der Waals surface area contributed by atoms with Crippen molar-refractivity contribution in [2.24, 2.45) is 5.14 Å². The van der Waals surface area contributed by atoms with Gasteiger partial charge in [0.2, 0.25) is 20.0 Å². The molecule has 0 aromatic carbocycles. The van der Waals surface area contributed by atoms with Crippen LogP contribution in [0.25, 0.3) is 0 Å². The molecule has 0 spiro atoms. The van der Waals surface area contributed by atoms with E-state index in [9.17, 15) is 16.8 Å². The summed E-state index contributed by atoms with van der Waals surface area (Å²) in [5, 5.41) is 4.68. The van der Waals surface area contributed by atoms with Crippen molar-refractivity contribution in [2.45, 2.75) is 6.42 Å². The first-order chi connectivity index (χ1) is 5.21. The van der Waals surface area contributed by atoms with Crippen LogP contribution in [-0.2, 0) is 20.0 Å². The van der Waals surface area contributed by atoms with Crippen LogP contribution in [-0.4, -0.2) is 35.4 Å². The summed E-state index contributed by atoms with van der Waals surface area (Å²) in [6.45, 7) is 0.0925. The third-order valence-corrected chi connectivity index (χ3v) is 2.56. The third kappa shape index (κ3) is 9.82. The molecule has 0 saturated heterocycles.